The molecule has 0 aromatic heterocycles. The summed E-state index contributed by atoms with van der Waals surface area (Å²) in [6.45, 7) is 7.29. The largest absolute Gasteiger partial charge is 0.694 e. The van der Waals surface area contributed by atoms with E-state index >= 15 is 0 Å². The Hall–Kier alpha value is -2.91. The molecule has 1 saturated heterocycles. The van der Waals surface area contributed by atoms with Gasteiger partial charge in [0.05, 0.1) is 51.8 Å². The van der Waals surface area contributed by atoms with Crippen LogP contribution in [0.2, 0.25) is 6.32 Å². The van der Waals surface area contributed by atoms with Gasteiger partial charge in [-0.3, -0.25) is 5.32 Å². The minimum Gasteiger partial charge on any atom is -0.450 e. The molecule has 1 aliphatic heterocycles. The molecule has 2 aromatic rings. The summed E-state index contributed by atoms with van der Waals surface area (Å²) in [5.74, 6) is 3.72. The second kappa shape index (κ2) is 32.8. The zero-order valence-corrected chi connectivity index (χ0v) is 41.7. The van der Waals surface area contributed by atoms with Gasteiger partial charge in [0.2, 0.25) is 7.28 Å². The van der Waals surface area contributed by atoms with E-state index in [1.54, 1.807) is 50.5 Å². The average Bonchev–Trinajstić information content (AvgIpc) is 3.85. The standard InChI is InChI=1S/C43H60BN3O14PS4/c1-43(2,66-65-30-55-19-8-9-20-56-40(48)45-16-15-44-27-32-26-38(59-31-64-63-3)39(61-32)29-60-62(51)52)14-21-57-41(49)46-17-22-53-24-25-54-23-18-47-42(50)58-28-37-35-12-6-4-10-33(35)34-11-5-7-13-36(34)37/h4-7,10-13,32,37-39H,8-9,14,17-31H2,1-3H3,(H3-,45,46,47,48,49,50,51,52)/p+1/t32-,38?,39-/m1/s1. The summed E-state index contributed by atoms with van der Waals surface area (Å²) in [6.07, 6.45) is 2.49. The minimum absolute atomic E-state index is 0.00634. The molecule has 2 unspecified atom stereocenters. The van der Waals surface area contributed by atoms with Crippen LogP contribution in [0.25, 0.3) is 11.1 Å². The fraction of sp³-hybridized carbons (Fsp3) is 0.605. The van der Waals surface area contributed by atoms with E-state index in [9.17, 15) is 18.9 Å². The maximum Gasteiger partial charge on any atom is 0.694 e. The Labute approximate surface area is 405 Å². The third kappa shape index (κ3) is 22.5. The van der Waals surface area contributed by atoms with Crippen LogP contribution in [0.3, 0.4) is 0 Å². The van der Waals surface area contributed by atoms with Crippen molar-refractivity contribution >= 4 is 77.0 Å². The third-order valence-corrected chi connectivity index (χ3v) is 14.7. The summed E-state index contributed by atoms with van der Waals surface area (Å²) in [7, 11) is 5.32. The van der Waals surface area contributed by atoms with Gasteiger partial charge in [-0.15, -0.1) is 15.2 Å². The summed E-state index contributed by atoms with van der Waals surface area (Å²) in [6, 6.07) is 19.0. The summed E-state index contributed by atoms with van der Waals surface area (Å²) >= 11 is 0. The zero-order valence-electron chi connectivity index (χ0n) is 37.6. The van der Waals surface area contributed by atoms with Crippen LogP contribution in [0.5, 0.6) is 0 Å². The molecule has 1 aliphatic carbocycles. The van der Waals surface area contributed by atoms with Gasteiger partial charge in [-0.2, -0.15) is 0 Å². The Balaban J connectivity index is 0.881. The van der Waals surface area contributed by atoms with Crippen molar-refractivity contribution in [3.05, 3.63) is 59.7 Å². The molecule has 2 aromatic carbocycles. The van der Waals surface area contributed by atoms with Gasteiger partial charge in [-0.1, -0.05) is 91.7 Å². The van der Waals surface area contributed by atoms with E-state index in [4.69, 9.17) is 47.3 Å². The fourth-order valence-corrected chi connectivity index (χ4v) is 9.92. The predicted molar refractivity (Wildman–Crippen MR) is 261 cm³/mol. The number of fused-ring (bicyclic) bond motifs is 3. The first kappa shape index (κ1) is 55.7. The molecule has 66 heavy (non-hydrogen) atoms. The maximum atomic E-state index is 12.3. The number of benzene rings is 2. The number of nitrogens with one attached hydrogen (secondary N) is 3. The third-order valence-electron chi connectivity index (χ3n) is 9.81. The molecular weight excluding hydrogens is 953 g/mol. The van der Waals surface area contributed by atoms with Gasteiger partial charge in [-0.05, 0) is 67.9 Å². The SMILES string of the molecule is CSSCOC1C[C@H](C[B]C#CNC(=O)OCCCCOCSSC(C)(C)CCOC(=O)NCCOCCOCCNC(=O)OCC2c3ccccc3-c3ccccc32)O[C@@H]1CO[P+](=O)O. The summed E-state index contributed by atoms with van der Waals surface area (Å²) in [5, 5.41) is 7.79. The Morgan fingerprint density at radius 1 is 0.818 bits per heavy atom. The van der Waals surface area contributed by atoms with Gasteiger partial charge in [0.25, 0.3) is 0 Å². The second-order valence-corrected chi connectivity index (χ2v) is 21.3. The van der Waals surface area contributed by atoms with Crippen molar-refractivity contribution in [2.45, 2.75) is 74.8 Å². The lowest BCUT2D eigenvalue weighted by Gasteiger charge is -2.22. The van der Waals surface area contributed by atoms with E-state index in [2.05, 4.69) is 65.9 Å². The van der Waals surface area contributed by atoms with E-state index < -0.39 is 32.6 Å². The van der Waals surface area contributed by atoms with Crippen LogP contribution in [0.15, 0.2) is 48.5 Å². The lowest BCUT2D eigenvalue weighted by atomic mass is 9.73. The molecule has 1 radical (unpaired) electrons. The molecule has 4 rings (SSSR count). The van der Waals surface area contributed by atoms with Gasteiger partial charge in [0, 0.05) is 47.4 Å². The molecule has 4 atom stereocenters. The molecule has 1 heterocycles. The van der Waals surface area contributed by atoms with E-state index in [1.165, 1.54) is 11.1 Å². The molecule has 23 heteroatoms. The molecule has 0 bridgehead atoms. The van der Waals surface area contributed by atoms with E-state index in [0.717, 1.165) is 17.5 Å². The van der Waals surface area contributed by atoms with E-state index in [-0.39, 0.29) is 49.3 Å². The highest BCUT2D eigenvalue weighted by atomic mass is 33.1. The average molecular weight is 1010 g/mol. The molecule has 0 saturated carbocycles. The number of hydrogen-bond acceptors (Lipinski definition) is 17. The minimum atomic E-state index is -2.72. The molecule has 2 aliphatic rings. The number of alkyl carbamates (subject to hydrolysis) is 3. The first-order valence-electron chi connectivity index (χ1n) is 21.6. The normalized spacial score (nSPS) is 16.6. The number of ether oxygens (including phenoxy) is 8. The number of amides is 3. The quantitative estimate of drug-likeness (QED) is 0.00816. The fourth-order valence-electron chi connectivity index (χ4n) is 6.59. The van der Waals surface area contributed by atoms with Crippen molar-refractivity contribution < 1.29 is 66.3 Å². The van der Waals surface area contributed by atoms with Crippen molar-refractivity contribution in [2.24, 2.45) is 0 Å². The zero-order chi connectivity index (χ0) is 47.2. The van der Waals surface area contributed by atoms with Crippen molar-refractivity contribution in [3.8, 4) is 23.0 Å². The first-order valence-corrected chi connectivity index (χ1v) is 27.7. The molecule has 17 nitrogen and oxygen atoms in total. The van der Waals surface area contributed by atoms with Crippen molar-refractivity contribution in [1.82, 2.24) is 16.0 Å². The second-order valence-electron chi connectivity index (χ2n) is 15.1. The number of carbonyl (C=O) groups is 3. The highest BCUT2D eigenvalue weighted by molar-refractivity contribution is 8.77. The van der Waals surface area contributed by atoms with Gasteiger partial charge < -0.3 is 48.5 Å². The van der Waals surface area contributed by atoms with Gasteiger partial charge in [0.1, 0.15) is 31.2 Å². The number of hydrogen-bond donors (Lipinski definition) is 4. The summed E-state index contributed by atoms with van der Waals surface area (Å²) in [5.41, 5.74) is 4.68. The number of unbranched alkanes of at least 4 members (excludes halogenated alkanes) is 1. The lowest BCUT2D eigenvalue weighted by molar-refractivity contribution is -0.0282. The van der Waals surface area contributed by atoms with Crippen LogP contribution in [-0.2, 0) is 47.0 Å². The highest BCUT2D eigenvalue weighted by Gasteiger charge is 2.38. The van der Waals surface area contributed by atoms with Crippen molar-refractivity contribution in [2.75, 3.05) is 90.7 Å². The molecule has 4 N–H and O–H groups in total. The van der Waals surface area contributed by atoms with E-state index in [1.807, 2.05) is 30.5 Å². The molecule has 1 fully saturated rings. The number of carbonyl (C=O) groups excluding carboxylic acids is 3. The molecule has 3 amide bonds. The van der Waals surface area contributed by atoms with Gasteiger partial charge in [-0.25, -0.2) is 14.4 Å². The van der Waals surface area contributed by atoms with Crippen LogP contribution in [0.1, 0.15) is 56.6 Å². The Kier molecular flexibility index (Phi) is 27.7. The van der Waals surface area contributed by atoms with E-state index in [0.29, 0.717) is 83.6 Å². The van der Waals surface area contributed by atoms with Gasteiger partial charge >= 0.3 is 26.5 Å². The Morgan fingerprint density at radius 2 is 1.47 bits per heavy atom. The molecule has 0 spiro atoms. The van der Waals surface area contributed by atoms with Crippen LogP contribution in [0.4, 0.5) is 14.4 Å². The number of rotatable bonds is 32. The van der Waals surface area contributed by atoms with Crippen LogP contribution in [-0.4, -0.2) is 144 Å². The Morgan fingerprint density at radius 3 is 2.15 bits per heavy atom. The van der Waals surface area contributed by atoms with Crippen LogP contribution in [0, 0.1) is 11.9 Å². The predicted octanol–water partition coefficient (Wildman–Crippen LogP) is 7.53. The summed E-state index contributed by atoms with van der Waals surface area (Å²) < 4.78 is 60.1. The van der Waals surface area contributed by atoms with Crippen LogP contribution < -0.4 is 16.0 Å². The Bertz CT molecular complexity index is 1800. The summed E-state index contributed by atoms with van der Waals surface area (Å²) in [4.78, 5) is 45.3. The van der Waals surface area contributed by atoms with Gasteiger partial charge in [0.15, 0.2) is 0 Å². The molecular formula is C43H61BN3O14PS4+. The highest BCUT2D eigenvalue weighted by Crippen LogP contribution is 2.44. The van der Waals surface area contributed by atoms with Crippen molar-refractivity contribution in [3.63, 3.8) is 0 Å². The maximum absolute atomic E-state index is 12.3. The monoisotopic (exact) mass is 1010 g/mol. The molecule has 363 valence electrons. The van der Waals surface area contributed by atoms with Crippen LogP contribution >= 0.6 is 51.4 Å². The first-order chi connectivity index (χ1) is 32.1. The van der Waals surface area contributed by atoms with Crippen molar-refractivity contribution in [1.29, 1.82) is 0 Å². The topological polar surface area (TPSA) is 208 Å². The lowest BCUT2D eigenvalue weighted by Crippen LogP contribution is -2.30. The smallest absolute Gasteiger partial charge is 0.450 e.